The van der Waals surface area contributed by atoms with Crippen molar-refractivity contribution in [1.29, 1.82) is 0 Å². The van der Waals surface area contributed by atoms with Crippen LogP contribution in [0, 0.1) is 0 Å². The van der Waals surface area contributed by atoms with Crippen LogP contribution in [0.3, 0.4) is 0 Å². The van der Waals surface area contributed by atoms with Crippen LogP contribution in [0.4, 0.5) is 18.9 Å². The summed E-state index contributed by atoms with van der Waals surface area (Å²) in [7, 11) is -3.68. The van der Waals surface area contributed by atoms with Crippen LogP contribution in [0.2, 0.25) is 0 Å². The van der Waals surface area contributed by atoms with E-state index in [2.05, 4.69) is 5.32 Å². The number of benzene rings is 2. The van der Waals surface area contributed by atoms with Gasteiger partial charge in [0.2, 0.25) is 10.0 Å². The van der Waals surface area contributed by atoms with Crippen LogP contribution in [-0.2, 0) is 25.7 Å². The van der Waals surface area contributed by atoms with Crippen molar-refractivity contribution in [1.82, 2.24) is 4.31 Å². The van der Waals surface area contributed by atoms with Crippen LogP contribution >= 0.6 is 0 Å². The highest BCUT2D eigenvalue weighted by Gasteiger charge is 2.31. The van der Waals surface area contributed by atoms with E-state index in [0.717, 1.165) is 43.5 Å². The zero-order valence-corrected chi connectivity index (χ0v) is 18.6. The number of anilines is 1. The molecule has 1 N–H and O–H groups in total. The molecule has 0 aliphatic carbocycles. The number of amides is 1. The SMILES string of the molecule is CC1CCCCN1S(=O)(=O)c1ccc(C(=O)OCC(=O)Nc2ccc(C(F)(F)F)cc2)cc1. The molecule has 3 rings (SSSR count). The maximum absolute atomic E-state index is 12.8. The summed E-state index contributed by atoms with van der Waals surface area (Å²) < 4.78 is 69.8. The number of esters is 1. The highest BCUT2D eigenvalue weighted by Crippen LogP contribution is 2.30. The van der Waals surface area contributed by atoms with Gasteiger partial charge in [0.05, 0.1) is 16.0 Å². The van der Waals surface area contributed by atoms with Gasteiger partial charge in [0.25, 0.3) is 5.91 Å². The number of hydrogen-bond donors (Lipinski definition) is 1. The summed E-state index contributed by atoms with van der Waals surface area (Å²) in [5.41, 5.74) is -0.680. The molecule has 178 valence electrons. The van der Waals surface area contributed by atoms with Crippen LogP contribution in [-0.4, -0.2) is 43.8 Å². The third-order valence-corrected chi connectivity index (χ3v) is 7.30. The standard InChI is InChI=1S/C22H23F3N2O5S/c1-15-4-2-3-13-27(15)33(30,31)19-11-5-16(6-12-19)21(29)32-14-20(28)26-18-9-7-17(8-10-18)22(23,24)25/h5-12,15H,2-4,13-14H2,1H3,(H,26,28). The third-order valence-electron chi connectivity index (χ3n) is 5.27. The Morgan fingerprint density at radius 2 is 1.70 bits per heavy atom. The predicted octanol–water partition coefficient (Wildman–Crippen LogP) is 4.06. The minimum atomic E-state index is -4.49. The Morgan fingerprint density at radius 3 is 2.27 bits per heavy atom. The van der Waals surface area contributed by atoms with Gasteiger partial charge in [-0.1, -0.05) is 6.42 Å². The number of alkyl halides is 3. The number of halogens is 3. The first-order valence-electron chi connectivity index (χ1n) is 10.2. The Balaban J connectivity index is 1.56. The topological polar surface area (TPSA) is 92.8 Å². The summed E-state index contributed by atoms with van der Waals surface area (Å²) in [5.74, 6) is -1.57. The molecule has 1 unspecified atom stereocenters. The van der Waals surface area contributed by atoms with Gasteiger partial charge < -0.3 is 10.1 Å². The maximum atomic E-state index is 12.8. The van der Waals surface area contributed by atoms with Crippen LogP contribution in [0.5, 0.6) is 0 Å². The summed E-state index contributed by atoms with van der Waals surface area (Å²) in [6, 6.07) is 8.95. The molecule has 0 spiro atoms. The molecule has 11 heteroatoms. The van der Waals surface area contributed by atoms with Gasteiger partial charge >= 0.3 is 12.1 Å². The van der Waals surface area contributed by atoms with Crippen molar-refractivity contribution in [3.8, 4) is 0 Å². The fourth-order valence-corrected chi connectivity index (χ4v) is 5.18. The lowest BCUT2D eigenvalue weighted by Gasteiger charge is -2.32. The molecule has 33 heavy (non-hydrogen) atoms. The summed E-state index contributed by atoms with van der Waals surface area (Å²) >= 11 is 0. The second-order valence-electron chi connectivity index (χ2n) is 7.68. The fraction of sp³-hybridized carbons (Fsp3) is 0.364. The zero-order chi connectivity index (χ0) is 24.2. The number of carbonyl (C=O) groups is 2. The van der Waals surface area contributed by atoms with Crippen LogP contribution < -0.4 is 5.32 Å². The van der Waals surface area contributed by atoms with Crippen molar-refractivity contribution in [2.45, 2.75) is 43.3 Å². The minimum absolute atomic E-state index is 0.0583. The molecule has 1 fully saturated rings. The molecule has 0 radical (unpaired) electrons. The molecule has 2 aromatic rings. The lowest BCUT2D eigenvalue weighted by molar-refractivity contribution is -0.137. The van der Waals surface area contributed by atoms with Crippen LogP contribution in [0.1, 0.15) is 42.1 Å². The molecule has 1 amide bonds. The first-order chi connectivity index (χ1) is 15.5. The lowest BCUT2D eigenvalue weighted by Crippen LogP contribution is -2.41. The van der Waals surface area contributed by atoms with E-state index in [1.807, 2.05) is 6.92 Å². The predicted molar refractivity (Wildman–Crippen MR) is 114 cm³/mol. The van der Waals surface area contributed by atoms with E-state index in [9.17, 15) is 31.2 Å². The molecule has 2 aromatic carbocycles. The Bertz CT molecular complexity index is 1100. The quantitative estimate of drug-likeness (QED) is 0.625. The normalized spacial score (nSPS) is 17.4. The molecule has 0 bridgehead atoms. The smallest absolute Gasteiger partial charge is 0.416 e. The highest BCUT2D eigenvalue weighted by atomic mass is 32.2. The lowest BCUT2D eigenvalue weighted by atomic mass is 10.1. The van der Waals surface area contributed by atoms with Gasteiger partial charge in [-0.25, -0.2) is 13.2 Å². The third kappa shape index (κ3) is 6.11. The van der Waals surface area contributed by atoms with Gasteiger partial charge in [-0.15, -0.1) is 0 Å². The van der Waals surface area contributed by atoms with E-state index in [1.54, 1.807) is 0 Å². The number of nitrogens with one attached hydrogen (secondary N) is 1. The molecular formula is C22H23F3N2O5S. The highest BCUT2D eigenvalue weighted by molar-refractivity contribution is 7.89. The second-order valence-corrected chi connectivity index (χ2v) is 9.57. The van der Waals surface area contributed by atoms with Crippen molar-refractivity contribution in [2.75, 3.05) is 18.5 Å². The average molecular weight is 484 g/mol. The molecule has 1 aliphatic rings. The van der Waals surface area contributed by atoms with E-state index < -0.39 is 40.2 Å². The number of rotatable bonds is 6. The molecule has 0 saturated carbocycles. The van der Waals surface area contributed by atoms with Gasteiger partial charge in [0.15, 0.2) is 6.61 Å². The summed E-state index contributed by atoms with van der Waals surface area (Å²) in [6.07, 6.45) is -1.93. The van der Waals surface area contributed by atoms with E-state index >= 15 is 0 Å². The number of piperidine rings is 1. The molecule has 0 aromatic heterocycles. The summed E-state index contributed by atoms with van der Waals surface area (Å²) in [5, 5.41) is 2.33. The van der Waals surface area contributed by atoms with Crippen molar-refractivity contribution < 1.29 is 35.9 Å². The van der Waals surface area contributed by atoms with Crippen LogP contribution in [0.25, 0.3) is 0 Å². The first kappa shape index (κ1) is 24.7. The Hall–Kier alpha value is -2.92. The van der Waals surface area contributed by atoms with Crippen LogP contribution in [0.15, 0.2) is 53.4 Å². The van der Waals surface area contributed by atoms with E-state index in [-0.39, 0.29) is 22.2 Å². The molecule has 7 nitrogen and oxygen atoms in total. The Kier molecular flexibility index (Phi) is 7.43. The second kappa shape index (κ2) is 9.92. The number of carbonyl (C=O) groups excluding carboxylic acids is 2. The van der Waals surface area contributed by atoms with E-state index in [0.29, 0.717) is 6.54 Å². The fourth-order valence-electron chi connectivity index (χ4n) is 3.48. The average Bonchev–Trinajstić information content (AvgIpc) is 2.77. The van der Waals surface area contributed by atoms with E-state index in [1.165, 1.54) is 28.6 Å². The largest absolute Gasteiger partial charge is 0.452 e. The summed E-state index contributed by atoms with van der Waals surface area (Å²) in [6.45, 7) is 1.64. The number of hydrogen-bond acceptors (Lipinski definition) is 5. The summed E-state index contributed by atoms with van der Waals surface area (Å²) in [4.78, 5) is 24.2. The van der Waals surface area contributed by atoms with Crippen molar-refractivity contribution in [3.05, 3.63) is 59.7 Å². The van der Waals surface area contributed by atoms with Gasteiger partial charge in [0, 0.05) is 18.3 Å². The van der Waals surface area contributed by atoms with Crippen molar-refractivity contribution in [2.24, 2.45) is 0 Å². The molecule has 1 heterocycles. The number of ether oxygens (including phenoxy) is 1. The minimum Gasteiger partial charge on any atom is -0.452 e. The maximum Gasteiger partial charge on any atom is 0.416 e. The Labute approximate surface area is 189 Å². The first-order valence-corrected chi connectivity index (χ1v) is 11.7. The van der Waals surface area contributed by atoms with Gasteiger partial charge in [0.1, 0.15) is 0 Å². The van der Waals surface area contributed by atoms with Crippen molar-refractivity contribution >= 4 is 27.6 Å². The molecular weight excluding hydrogens is 461 g/mol. The van der Waals surface area contributed by atoms with Gasteiger partial charge in [-0.05, 0) is 68.3 Å². The number of sulfonamides is 1. The molecule has 1 saturated heterocycles. The molecule has 1 atom stereocenters. The van der Waals surface area contributed by atoms with Gasteiger partial charge in [-0.2, -0.15) is 17.5 Å². The van der Waals surface area contributed by atoms with Crippen molar-refractivity contribution in [3.63, 3.8) is 0 Å². The van der Waals surface area contributed by atoms with Gasteiger partial charge in [-0.3, -0.25) is 4.79 Å². The zero-order valence-electron chi connectivity index (χ0n) is 17.8. The number of nitrogens with zero attached hydrogens (tertiary/aromatic N) is 1. The monoisotopic (exact) mass is 484 g/mol. The molecule has 1 aliphatic heterocycles. The Morgan fingerprint density at radius 1 is 1.06 bits per heavy atom. The van der Waals surface area contributed by atoms with E-state index in [4.69, 9.17) is 4.74 Å².